The number of amides is 1. The van der Waals surface area contributed by atoms with Crippen LogP contribution in [0.2, 0.25) is 10.0 Å². The van der Waals surface area contributed by atoms with Crippen LogP contribution >= 0.6 is 23.2 Å². The fraction of sp³-hybridized carbons (Fsp3) is 0.500. The molecule has 0 heterocycles. The summed E-state index contributed by atoms with van der Waals surface area (Å²) in [6.07, 6.45) is 0.938. The Hall–Kier alpha value is -1.33. The Morgan fingerprint density at radius 1 is 1.38 bits per heavy atom. The quantitative estimate of drug-likeness (QED) is 0.572. The maximum Gasteiger partial charge on any atom is 0.271 e. The highest BCUT2D eigenvalue weighted by Crippen LogP contribution is 2.31. The smallest absolute Gasteiger partial charge is 0.271 e. The predicted octanol–water partition coefficient (Wildman–Crippen LogP) is 4.41. The Balaban J connectivity index is 3.18. The van der Waals surface area contributed by atoms with E-state index < -0.39 is 4.92 Å². The van der Waals surface area contributed by atoms with Gasteiger partial charge in [0.05, 0.1) is 20.5 Å². The van der Waals surface area contributed by atoms with Crippen molar-refractivity contribution in [2.24, 2.45) is 5.92 Å². The summed E-state index contributed by atoms with van der Waals surface area (Å²) in [5, 5.41) is 10.9. The van der Waals surface area contributed by atoms with Crippen molar-refractivity contribution in [3.63, 3.8) is 0 Å². The van der Waals surface area contributed by atoms with Crippen LogP contribution in [0.1, 0.15) is 37.6 Å². The lowest BCUT2D eigenvalue weighted by molar-refractivity contribution is -0.384. The van der Waals surface area contributed by atoms with Gasteiger partial charge in [0.25, 0.3) is 11.6 Å². The Kier molecular flexibility index (Phi) is 6.42. The van der Waals surface area contributed by atoms with Crippen LogP contribution in [-0.2, 0) is 0 Å². The zero-order valence-corrected chi connectivity index (χ0v) is 13.7. The summed E-state index contributed by atoms with van der Waals surface area (Å²) in [4.78, 5) is 24.4. The van der Waals surface area contributed by atoms with E-state index in [0.29, 0.717) is 19.0 Å². The van der Waals surface area contributed by atoms with Gasteiger partial charge in [0, 0.05) is 25.2 Å². The van der Waals surface area contributed by atoms with Crippen molar-refractivity contribution in [3.8, 4) is 0 Å². The molecule has 1 atom stereocenters. The van der Waals surface area contributed by atoms with E-state index in [1.807, 2.05) is 20.8 Å². The first-order chi connectivity index (χ1) is 9.81. The molecule has 1 rings (SSSR count). The molecule has 21 heavy (non-hydrogen) atoms. The van der Waals surface area contributed by atoms with E-state index in [1.54, 1.807) is 4.90 Å². The molecular weight excluding hydrogens is 315 g/mol. The first kappa shape index (κ1) is 17.7. The van der Waals surface area contributed by atoms with Gasteiger partial charge in [-0.15, -0.1) is 0 Å². The number of nitro groups is 1. The molecule has 0 aliphatic heterocycles. The van der Waals surface area contributed by atoms with Gasteiger partial charge < -0.3 is 4.90 Å². The second kappa shape index (κ2) is 7.61. The van der Waals surface area contributed by atoms with Crippen LogP contribution in [0.15, 0.2) is 12.1 Å². The number of nitrogens with zero attached hydrogens (tertiary/aromatic N) is 2. The van der Waals surface area contributed by atoms with Gasteiger partial charge in [-0.1, -0.05) is 43.5 Å². The van der Waals surface area contributed by atoms with E-state index in [1.165, 1.54) is 6.07 Å². The summed E-state index contributed by atoms with van der Waals surface area (Å²) in [6, 6.07) is 2.32. The third-order valence-corrected chi connectivity index (χ3v) is 4.15. The summed E-state index contributed by atoms with van der Waals surface area (Å²) >= 11 is 11.9. The SMILES string of the molecule is CCC(C)CN(CC)C(=O)c1cc([N+](=O)[O-])cc(Cl)c1Cl. The third-order valence-electron chi connectivity index (χ3n) is 3.35. The predicted molar refractivity (Wildman–Crippen MR) is 84.1 cm³/mol. The monoisotopic (exact) mass is 332 g/mol. The van der Waals surface area contributed by atoms with Gasteiger partial charge in [0.1, 0.15) is 0 Å². The summed E-state index contributed by atoms with van der Waals surface area (Å²) in [7, 11) is 0. The molecule has 0 saturated heterocycles. The van der Waals surface area contributed by atoms with Gasteiger partial charge in [0.15, 0.2) is 0 Å². The number of hydrogen-bond acceptors (Lipinski definition) is 3. The molecule has 0 N–H and O–H groups in total. The van der Waals surface area contributed by atoms with Crippen LogP contribution < -0.4 is 0 Å². The maximum absolute atomic E-state index is 12.5. The molecule has 0 saturated carbocycles. The van der Waals surface area contributed by atoms with Crippen LogP contribution in [0.5, 0.6) is 0 Å². The van der Waals surface area contributed by atoms with Crippen molar-refractivity contribution >= 4 is 34.8 Å². The highest BCUT2D eigenvalue weighted by molar-refractivity contribution is 6.44. The van der Waals surface area contributed by atoms with Crippen molar-refractivity contribution in [1.29, 1.82) is 0 Å². The second-order valence-corrected chi connectivity index (χ2v) is 5.69. The molecule has 5 nitrogen and oxygen atoms in total. The molecule has 1 aromatic rings. The molecule has 1 aromatic carbocycles. The van der Waals surface area contributed by atoms with E-state index >= 15 is 0 Å². The highest BCUT2D eigenvalue weighted by Gasteiger charge is 2.23. The molecule has 0 bridgehead atoms. The first-order valence-electron chi connectivity index (χ1n) is 6.74. The van der Waals surface area contributed by atoms with Gasteiger partial charge in [-0.3, -0.25) is 14.9 Å². The van der Waals surface area contributed by atoms with E-state index in [9.17, 15) is 14.9 Å². The van der Waals surface area contributed by atoms with Crippen LogP contribution in [0.4, 0.5) is 5.69 Å². The van der Waals surface area contributed by atoms with E-state index in [2.05, 4.69) is 0 Å². The van der Waals surface area contributed by atoms with Crippen molar-refractivity contribution in [2.45, 2.75) is 27.2 Å². The molecule has 116 valence electrons. The van der Waals surface area contributed by atoms with Gasteiger partial charge in [-0.25, -0.2) is 0 Å². The van der Waals surface area contributed by atoms with Crippen molar-refractivity contribution in [2.75, 3.05) is 13.1 Å². The summed E-state index contributed by atoms with van der Waals surface area (Å²) in [6.45, 7) is 7.01. The van der Waals surface area contributed by atoms with Crippen LogP contribution in [0, 0.1) is 16.0 Å². The fourth-order valence-corrected chi connectivity index (χ4v) is 2.27. The van der Waals surface area contributed by atoms with Gasteiger partial charge in [0.2, 0.25) is 0 Å². The minimum atomic E-state index is -0.593. The lowest BCUT2D eigenvalue weighted by atomic mass is 10.1. The Morgan fingerprint density at radius 3 is 2.48 bits per heavy atom. The largest absolute Gasteiger partial charge is 0.339 e. The average molecular weight is 333 g/mol. The molecule has 1 unspecified atom stereocenters. The number of non-ortho nitro benzene ring substituents is 1. The number of rotatable bonds is 6. The molecule has 0 fully saturated rings. The normalized spacial score (nSPS) is 12.0. The van der Waals surface area contributed by atoms with E-state index in [-0.39, 0.29) is 27.2 Å². The number of benzene rings is 1. The minimum absolute atomic E-state index is 0.00816. The van der Waals surface area contributed by atoms with E-state index in [0.717, 1.165) is 12.5 Å². The minimum Gasteiger partial charge on any atom is -0.339 e. The van der Waals surface area contributed by atoms with Gasteiger partial charge >= 0.3 is 0 Å². The third kappa shape index (κ3) is 4.32. The molecule has 0 aliphatic rings. The summed E-state index contributed by atoms with van der Waals surface area (Å²) in [5.41, 5.74) is -0.173. The van der Waals surface area contributed by atoms with Crippen LogP contribution in [-0.4, -0.2) is 28.8 Å². The molecule has 0 aromatic heterocycles. The van der Waals surface area contributed by atoms with Gasteiger partial charge in [-0.2, -0.15) is 0 Å². The Morgan fingerprint density at radius 2 is 2.00 bits per heavy atom. The zero-order valence-electron chi connectivity index (χ0n) is 12.2. The van der Waals surface area contributed by atoms with Crippen molar-refractivity contribution < 1.29 is 9.72 Å². The highest BCUT2D eigenvalue weighted by atomic mass is 35.5. The number of carbonyl (C=O) groups is 1. The lowest BCUT2D eigenvalue weighted by Gasteiger charge is -2.24. The number of carbonyl (C=O) groups excluding carboxylic acids is 1. The molecular formula is C14H18Cl2N2O3. The zero-order chi connectivity index (χ0) is 16.2. The summed E-state index contributed by atoms with van der Waals surface area (Å²) < 4.78 is 0. The van der Waals surface area contributed by atoms with Crippen LogP contribution in [0.25, 0.3) is 0 Å². The number of nitro benzene ring substituents is 1. The average Bonchev–Trinajstić information content (AvgIpc) is 2.46. The maximum atomic E-state index is 12.5. The molecule has 1 amide bonds. The first-order valence-corrected chi connectivity index (χ1v) is 7.50. The Labute approximate surface area is 134 Å². The standard InChI is InChI=1S/C14H18Cl2N2O3/c1-4-9(3)8-17(5-2)14(19)11-6-10(18(20)21)7-12(15)13(11)16/h6-7,9H,4-5,8H2,1-3H3. The van der Waals surface area contributed by atoms with Crippen molar-refractivity contribution in [3.05, 3.63) is 37.9 Å². The second-order valence-electron chi connectivity index (χ2n) is 4.90. The number of halogens is 2. The molecule has 0 spiro atoms. The fourth-order valence-electron chi connectivity index (χ4n) is 1.87. The Bertz CT molecular complexity index is 549. The number of hydrogen-bond donors (Lipinski definition) is 0. The van der Waals surface area contributed by atoms with E-state index in [4.69, 9.17) is 23.2 Å². The lowest BCUT2D eigenvalue weighted by Crippen LogP contribution is -2.34. The molecule has 0 aliphatic carbocycles. The molecule has 0 radical (unpaired) electrons. The van der Waals surface area contributed by atoms with Crippen molar-refractivity contribution in [1.82, 2.24) is 4.90 Å². The summed E-state index contributed by atoms with van der Waals surface area (Å²) in [5.74, 6) is -0.00440. The van der Waals surface area contributed by atoms with Crippen LogP contribution in [0.3, 0.4) is 0 Å². The van der Waals surface area contributed by atoms with Gasteiger partial charge in [-0.05, 0) is 12.8 Å². The topological polar surface area (TPSA) is 63.5 Å². The molecule has 7 heteroatoms.